The molecular weight excluding hydrogens is 174 g/mol. The average Bonchev–Trinajstić information content (AvgIpc) is 2.59. The van der Waals surface area contributed by atoms with Crippen molar-refractivity contribution in [3.05, 3.63) is 29.3 Å². The highest BCUT2D eigenvalue weighted by atomic mass is 16.5. The molecule has 0 saturated heterocycles. The van der Waals surface area contributed by atoms with Crippen molar-refractivity contribution in [3.63, 3.8) is 0 Å². The van der Waals surface area contributed by atoms with Crippen LogP contribution >= 0.6 is 0 Å². The van der Waals surface area contributed by atoms with Crippen LogP contribution in [0.1, 0.15) is 36.9 Å². The summed E-state index contributed by atoms with van der Waals surface area (Å²) in [4.78, 5) is 0. The Balaban J connectivity index is 2.32. The molecule has 1 aliphatic heterocycles. The van der Waals surface area contributed by atoms with Gasteiger partial charge in [-0.1, -0.05) is 19.1 Å². The summed E-state index contributed by atoms with van der Waals surface area (Å²) in [5.41, 5.74) is 2.64. The summed E-state index contributed by atoms with van der Waals surface area (Å²) < 4.78 is 5.62. The number of hydrogen-bond donors (Lipinski definition) is 1. The molecule has 0 radical (unpaired) electrons. The first-order chi connectivity index (χ1) is 6.72. The van der Waals surface area contributed by atoms with Crippen molar-refractivity contribution < 1.29 is 4.74 Å². The van der Waals surface area contributed by atoms with E-state index in [1.54, 1.807) is 0 Å². The Kier molecular flexibility index (Phi) is 2.46. The molecule has 1 aromatic rings. The molecule has 0 amide bonds. The third-order valence-electron chi connectivity index (χ3n) is 2.99. The molecule has 2 rings (SSSR count). The molecule has 0 aromatic heterocycles. The van der Waals surface area contributed by atoms with Crippen LogP contribution in [0.25, 0.3) is 0 Å². The van der Waals surface area contributed by atoms with Gasteiger partial charge in [-0.15, -0.1) is 0 Å². The molecule has 0 aliphatic carbocycles. The maximum Gasteiger partial charge on any atom is 0.123 e. The maximum absolute atomic E-state index is 5.62. The Labute approximate surface area is 85.3 Å². The van der Waals surface area contributed by atoms with Crippen LogP contribution in [0.2, 0.25) is 0 Å². The fraction of sp³-hybridized carbons (Fsp3) is 0.500. The summed E-state index contributed by atoms with van der Waals surface area (Å²) >= 11 is 0. The van der Waals surface area contributed by atoms with Crippen molar-refractivity contribution >= 4 is 0 Å². The second kappa shape index (κ2) is 3.62. The lowest BCUT2D eigenvalue weighted by atomic mass is 10.00. The molecule has 0 fully saturated rings. The van der Waals surface area contributed by atoms with Crippen LogP contribution in [0.3, 0.4) is 0 Å². The molecule has 0 spiro atoms. The van der Waals surface area contributed by atoms with Gasteiger partial charge in [0.1, 0.15) is 5.75 Å². The zero-order chi connectivity index (χ0) is 10.1. The zero-order valence-corrected chi connectivity index (χ0v) is 9.00. The SMILES string of the molecule is CNC(C)c1ccc2c(c1)OCC2C. The van der Waals surface area contributed by atoms with Gasteiger partial charge >= 0.3 is 0 Å². The van der Waals surface area contributed by atoms with Gasteiger partial charge in [-0.25, -0.2) is 0 Å². The van der Waals surface area contributed by atoms with Crippen molar-refractivity contribution in [2.24, 2.45) is 0 Å². The lowest BCUT2D eigenvalue weighted by Gasteiger charge is -2.11. The van der Waals surface area contributed by atoms with Gasteiger partial charge in [0.15, 0.2) is 0 Å². The molecule has 2 unspecified atom stereocenters. The predicted octanol–water partition coefficient (Wildman–Crippen LogP) is 2.46. The van der Waals surface area contributed by atoms with Gasteiger partial charge in [0.25, 0.3) is 0 Å². The van der Waals surface area contributed by atoms with Crippen molar-refractivity contribution in [3.8, 4) is 5.75 Å². The van der Waals surface area contributed by atoms with E-state index in [0.29, 0.717) is 12.0 Å². The molecule has 2 atom stereocenters. The van der Waals surface area contributed by atoms with Gasteiger partial charge in [-0.2, -0.15) is 0 Å². The van der Waals surface area contributed by atoms with Crippen molar-refractivity contribution in [1.82, 2.24) is 5.32 Å². The van der Waals surface area contributed by atoms with Gasteiger partial charge in [0.2, 0.25) is 0 Å². The summed E-state index contributed by atoms with van der Waals surface area (Å²) in [5.74, 6) is 1.61. The smallest absolute Gasteiger partial charge is 0.123 e. The van der Waals surface area contributed by atoms with E-state index in [1.807, 2.05) is 7.05 Å². The molecule has 2 heteroatoms. The molecule has 2 nitrogen and oxygen atoms in total. The van der Waals surface area contributed by atoms with Crippen LogP contribution < -0.4 is 10.1 Å². The first-order valence-corrected chi connectivity index (χ1v) is 5.16. The Bertz CT molecular complexity index is 335. The largest absolute Gasteiger partial charge is 0.493 e. The van der Waals surface area contributed by atoms with Gasteiger partial charge in [0.05, 0.1) is 6.61 Å². The third-order valence-corrected chi connectivity index (χ3v) is 2.99. The number of rotatable bonds is 2. The third kappa shape index (κ3) is 1.50. The zero-order valence-electron chi connectivity index (χ0n) is 9.00. The monoisotopic (exact) mass is 191 g/mol. The summed E-state index contributed by atoms with van der Waals surface area (Å²) in [5, 5.41) is 3.23. The highest BCUT2D eigenvalue weighted by Crippen LogP contribution is 2.35. The van der Waals surface area contributed by atoms with Gasteiger partial charge in [0, 0.05) is 17.5 Å². The quantitative estimate of drug-likeness (QED) is 0.775. The molecule has 76 valence electrons. The normalized spacial score (nSPS) is 21.5. The van der Waals surface area contributed by atoms with E-state index in [9.17, 15) is 0 Å². The summed E-state index contributed by atoms with van der Waals surface area (Å²) in [6.07, 6.45) is 0. The van der Waals surface area contributed by atoms with Gasteiger partial charge in [-0.3, -0.25) is 0 Å². The number of fused-ring (bicyclic) bond motifs is 1. The van der Waals surface area contributed by atoms with Crippen LogP contribution in [0, 0.1) is 0 Å². The average molecular weight is 191 g/mol. The van der Waals surface area contributed by atoms with Crippen molar-refractivity contribution in [1.29, 1.82) is 0 Å². The van der Waals surface area contributed by atoms with Gasteiger partial charge < -0.3 is 10.1 Å². The molecular formula is C12H17NO. The first kappa shape index (κ1) is 9.53. The second-order valence-electron chi connectivity index (χ2n) is 4.02. The first-order valence-electron chi connectivity index (χ1n) is 5.16. The van der Waals surface area contributed by atoms with E-state index in [2.05, 4.69) is 37.4 Å². The maximum atomic E-state index is 5.62. The summed E-state index contributed by atoms with van der Waals surface area (Å²) in [6, 6.07) is 6.92. The minimum atomic E-state index is 0.389. The number of ether oxygens (including phenoxy) is 1. The highest BCUT2D eigenvalue weighted by molar-refractivity contribution is 5.43. The topological polar surface area (TPSA) is 21.3 Å². The number of nitrogens with one attached hydrogen (secondary N) is 1. The summed E-state index contributed by atoms with van der Waals surface area (Å²) in [6.45, 7) is 5.18. The fourth-order valence-corrected chi connectivity index (χ4v) is 1.82. The molecule has 1 N–H and O–H groups in total. The van der Waals surface area contributed by atoms with E-state index in [4.69, 9.17) is 4.74 Å². The molecule has 1 heterocycles. The van der Waals surface area contributed by atoms with Crippen LogP contribution in [0.15, 0.2) is 18.2 Å². The molecule has 0 bridgehead atoms. The second-order valence-corrected chi connectivity index (χ2v) is 4.02. The highest BCUT2D eigenvalue weighted by Gasteiger charge is 2.20. The lowest BCUT2D eigenvalue weighted by Crippen LogP contribution is -2.12. The van der Waals surface area contributed by atoms with Crippen LogP contribution in [-0.2, 0) is 0 Å². The Morgan fingerprint density at radius 2 is 2.29 bits per heavy atom. The Morgan fingerprint density at radius 3 is 3.00 bits per heavy atom. The van der Waals surface area contributed by atoms with Crippen LogP contribution in [0.5, 0.6) is 5.75 Å². The van der Waals surface area contributed by atoms with E-state index < -0.39 is 0 Å². The van der Waals surface area contributed by atoms with E-state index in [-0.39, 0.29) is 0 Å². The van der Waals surface area contributed by atoms with Crippen LogP contribution in [-0.4, -0.2) is 13.7 Å². The number of benzene rings is 1. The number of hydrogen-bond acceptors (Lipinski definition) is 2. The van der Waals surface area contributed by atoms with E-state index >= 15 is 0 Å². The standard InChI is InChI=1S/C12H17NO/c1-8-7-14-12-6-10(9(2)13-3)4-5-11(8)12/h4-6,8-9,13H,7H2,1-3H3. The van der Waals surface area contributed by atoms with Crippen molar-refractivity contribution in [2.45, 2.75) is 25.8 Å². The Hall–Kier alpha value is -1.02. The predicted molar refractivity (Wildman–Crippen MR) is 57.8 cm³/mol. The molecule has 1 aliphatic rings. The lowest BCUT2D eigenvalue weighted by molar-refractivity contribution is 0.337. The van der Waals surface area contributed by atoms with Crippen LogP contribution in [0.4, 0.5) is 0 Å². The van der Waals surface area contributed by atoms with E-state index in [0.717, 1.165) is 12.4 Å². The summed E-state index contributed by atoms with van der Waals surface area (Å²) in [7, 11) is 1.97. The fourth-order valence-electron chi connectivity index (χ4n) is 1.82. The Morgan fingerprint density at radius 1 is 1.50 bits per heavy atom. The van der Waals surface area contributed by atoms with Crippen molar-refractivity contribution in [2.75, 3.05) is 13.7 Å². The van der Waals surface area contributed by atoms with E-state index in [1.165, 1.54) is 11.1 Å². The minimum Gasteiger partial charge on any atom is -0.493 e. The minimum absolute atomic E-state index is 0.389. The van der Waals surface area contributed by atoms with Gasteiger partial charge in [-0.05, 0) is 25.6 Å². The molecule has 0 saturated carbocycles. The molecule has 14 heavy (non-hydrogen) atoms. The molecule has 1 aromatic carbocycles.